The number of hydrogen-bond donors (Lipinski definition) is 2. The molecule has 26 heavy (non-hydrogen) atoms. The molecule has 1 aliphatic heterocycles. The van der Waals surface area contributed by atoms with Crippen molar-refractivity contribution in [3.05, 3.63) is 53.2 Å². The van der Waals surface area contributed by atoms with Gasteiger partial charge in [0.05, 0.1) is 0 Å². The van der Waals surface area contributed by atoms with Gasteiger partial charge in [0.15, 0.2) is 0 Å². The summed E-state index contributed by atoms with van der Waals surface area (Å²) in [5, 5.41) is 13.5. The molecule has 2 aliphatic rings. The number of nitrogens with one attached hydrogen (secondary N) is 1. The normalized spacial score (nSPS) is 20.8. The molecule has 5 nitrogen and oxygen atoms in total. The van der Waals surface area contributed by atoms with E-state index < -0.39 is 0 Å². The zero-order valence-electron chi connectivity index (χ0n) is 15.5. The molecule has 0 spiro atoms. The third kappa shape index (κ3) is 3.84. The average molecular weight is 352 g/mol. The van der Waals surface area contributed by atoms with Crippen molar-refractivity contribution in [1.29, 1.82) is 0 Å². The van der Waals surface area contributed by atoms with E-state index in [-0.39, 0.29) is 0 Å². The minimum absolute atomic E-state index is 0.311. The highest BCUT2D eigenvalue weighted by Crippen LogP contribution is 2.32. The average Bonchev–Trinajstić information content (AvgIpc) is 2.67. The quantitative estimate of drug-likeness (QED) is 0.886. The van der Waals surface area contributed by atoms with Gasteiger partial charge in [-0.05, 0) is 67.3 Å². The number of aromatic hydroxyl groups is 1. The van der Waals surface area contributed by atoms with E-state index in [1.807, 2.05) is 12.3 Å². The van der Waals surface area contributed by atoms with Gasteiger partial charge in [0, 0.05) is 45.0 Å². The van der Waals surface area contributed by atoms with Crippen LogP contribution in [0.4, 0.5) is 5.82 Å². The predicted octanol–water partition coefficient (Wildman–Crippen LogP) is 2.71. The standard InChI is InChI=1S/C21H28N4O/c1-24-9-11-25(12-10-24)21-13-16(7-8-22-21)15-23-20-4-2-3-17-5-6-18(26)14-19(17)20/h5-8,13-14,20,23,26H,2-4,9-12,15H2,1H3/t20-/m0/s1. The third-order valence-corrected chi connectivity index (χ3v) is 5.63. The van der Waals surface area contributed by atoms with E-state index in [0.29, 0.717) is 11.8 Å². The maximum Gasteiger partial charge on any atom is 0.128 e. The molecule has 2 N–H and O–H groups in total. The number of phenolic OH excluding ortho intramolecular Hbond substituents is 1. The highest BCUT2D eigenvalue weighted by molar-refractivity contribution is 5.42. The number of likely N-dealkylation sites (N-methyl/N-ethyl adjacent to an activating group) is 1. The number of hydrogen-bond acceptors (Lipinski definition) is 5. The van der Waals surface area contributed by atoms with Gasteiger partial charge in [-0.3, -0.25) is 0 Å². The lowest BCUT2D eigenvalue weighted by Crippen LogP contribution is -2.44. The molecule has 0 bridgehead atoms. The lowest BCUT2D eigenvalue weighted by atomic mass is 9.87. The summed E-state index contributed by atoms with van der Waals surface area (Å²) >= 11 is 0. The molecule has 1 atom stereocenters. The first-order chi connectivity index (χ1) is 12.7. The number of benzene rings is 1. The van der Waals surface area contributed by atoms with Crippen LogP contribution in [0.1, 0.15) is 35.6 Å². The number of anilines is 1. The van der Waals surface area contributed by atoms with Crippen LogP contribution < -0.4 is 10.2 Å². The van der Waals surface area contributed by atoms with Crippen LogP contribution in [-0.2, 0) is 13.0 Å². The Morgan fingerprint density at radius 3 is 2.85 bits per heavy atom. The van der Waals surface area contributed by atoms with Crippen LogP contribution in [-0.4, -0.2) is 48.2 Å². The number of nitrogens with zero attached hydrogens (tertiary/aromatic N) is 3. The Morgan fingerprint density at radius 2 is 2.00 bits per heavy atom. The minimum atomic E-state index is 0.311. The van der Waals surface area contributed by atoms with Crippen LogP contribution in [0.25, 0.3) is 0 Å². The molecule has 1 aromatic carbocycles. The first kappa shape index (κ1) is 17.3. The molecule has 0 amide bonds. The summed E-state index contributed by atoms with van der Waals surface area (Å²) in [7, 11) is 2.17. The van der Waals surface area contributed by atoms with E-state index in [9.17, 15) is 5.11 Å². The summed E-state index contributed by atoms with van der Waals surface area (Å²) in [4.78, 5) is 9.31. The minimum Gasteiger partial charge on any atom is -0.508 e. The van der Waals surface area contributed by atoms with Gasteiger partial charge >= 0.3 is 0 Å². The Morgan fingerprint density at radius 1 is 1.15 bits per heavy atom. The van der Waals surface area contributed by atoms with Gasteiger partial charge in [-0.2, -0.15) is 0 Å². The monoisotopic (exact) mass is 352 g/mol. The van der Waals surface area contributed by atoms with Crippen molar-refractivity contribution in [3.8, 4) is 5.75 Å². The number of aryl methyl sites for hydroxylation is 1. The lowest BCUT2D eigenvalue weighted by molar-refractivity contribution is 0.312. The molecule has 0 saturated carbocycles. The number of aromatic nitrogens is 1. The lowest BCUT2D eigenvalue weighted by Gasteiger charge is -2.33. The van der Waals surface area contributed by atoms with Crippen LogP contribution in [0.2, 0.25) is 0 Å². The highest BCUT2D eigenvalue weighted by atomic mass is 16.3. The fourth-order valence-electron chi connectivity index (χ4n) is 4.02. The van der Waals surface area contributed by atoms with Gasteiger partial charge in [0.1, 0.15) is 11.6 Å². The van der Waals surface area contributed by atoms with E-state index >= 15 is 0 Å². The second-order valence-corrected chi connectivity index (χ2v) is 7.52. The Hall–Kier alpha value is -2.11. The smallest absolute Gasteiger partial charge is 0.128 e. The van der Waals surface area contributed by atoms with Gasteiger partial charge in [-0.1, -0.05) is 6.07 Å². The molecule has 1 saturated heterocycles. The predicted molar refractivity (Wildman–Crippen MR) is 105 cm³/mol. The first-order valence-corrected chi connectivity index (χ1v) is 9.62. The first-order valence-electron chi connectivity index (χ1n) is 9.62. The SMILES string of the molecule is CN1CCN(c2cc(CN[C@H]3CCCc4ccc(O)cc43)ccn2)CC1. The zero-order valence-corrected chi connectivity index (χ0v) is 15.5. The topological polar surface area (TPSA) is 51.6 Å². The van der Waals surface area contributed by atoms with Gasteiger partial charge in [0.2, 0.25) is 0 Å². The summed E-state index contributed by atoms with van der Waals surface area (Å²) < 4.78 is 0. The number of fused-ring (bicyclic) bond motifs is 1. The molecule has 1 fully saturated rings. The van der Waals surface area contributed by atoms with Crippen molar-refractivity contribution in [2.45, 2.75) is 31.8 Å². The Labute approximate surface area is 155 Å². The number of rotatable bonds is 4. The molecule has 2 heterocycles. The molecular weight excluding hydrogens is 324 g/mol. The second kappa shape index (κ2) is 7.64. The highest BCUT2D eigenvalue weighted by Gasteiger charge is 2.20. The number of piperazine rings is 1. The number of phenols is 1. The summed E-state index contributed by atoms with van der Waals surface area (Å²) in [6.07, 6.45) is 5.34. The van der Waals surface area contributed by atoms with Crippen LogP contribution in [0.15, 0.2) is 36.5 Å². The van der Waals surface area contributed by atoms with Crippen LogP contribution in [0.3, 0.4) is 0 Å². The van der Waals surface area contributed by atoms with Gasteiger partial charge in [-0.25, -0.2) is 4.98 Å². The molecule has 138 valence electrons. The van der Waals surface area contributed by atoms with Crippen molar-refractivity contribution in [3.63, 3.8) is 0 Å². The summed E-state index contributed by atoms with van der Waals surface area (Å²) in [5.74, 6) is 1.44. The molecule has 1 aliphatic carbocycles. The molecular formula is C21H28N4O. The third-order valence-electron chi connectivity index (χ3n) is 5.63. The van der Waals surface area contributed by atoms with Crippen LogP contribution in [0.5, 0.6) is 5.75 Å². The van der Waals surface area contributed by atoms with Crippen LogP contribution >= 0.6 is 0 Å². The van der Waals surface area contributed by atoms with Crippen molar-refractivity contribution in [2.75, 3.05) is 38.1 Å². The number of pyridine rings is 1. The largest absolute Gasteiger partial charge is 0.508 e. The molecule has 0 unspecified atom stereocenters. The van der Waals surface area contributed by atoms with Crippen molar-refractivity contribution in [1.82, 2.24) is 15.2 Å². The summed E-state index contributed by atoms with van der Waals surface area (Å²) in [5.41, 5.74) is 3.88. The van der Waals surface area contributed by atoms with Gasteiger partial charge in [0.25, 0.3) is 0 Å². The van der Waals surface area contributed by atoms with Crippen molar-refractivity contribution in [2.24, 2.45) is 0 Å². The molecule has 2 aromatic rings. The van der Waals surface area contributed by atoms with Crippen molar-refractivity contribution < 1.29 is 5.11 Å². The summed E-state index contributed by atoms with van der Waals surface area (Å²) in [6.45, 7) is 5.08. The van der Waals surface area contributed by atoms with E-state index in [2.05, 4.69) is 45.3 Å². The van der Waals surface area contributed by atoms with E-state index in [4.69, 9.17) is 0 Å². The Balaban J connectivity index is 1.43. The maximum absolute atomic E-state index is 9.85. The Bertz CT molecular complexity index is 755. The molecule has 0 radical (unpaired) electrons. The van der Waals surface area contributed by atoms with Crippen molar-refractivity contribution >= 4 is 5.82 Å². The molecule has 4 rings (SSSR count). The van der Waals surface area contributed by atoms with Gasteiger partial charge in [-0.15, -0.1) is 0 Å². The van der Waals surface area contributed by atoms with E-state index in [0.717, 1.165) is 51.4 Å². The van der Waals surface area contributed by atoms with E-state index in [1.54, 1.807) is 6.07 Å². The molecule has 5 heteroatoms. The Kier molecular flexibility index (Phi) is 5.09. The molecule has 1 aromatic heterocycles. The fourth-order valence-corrected chi connectivity index (χ4v) is 4.02. The maximum atomic E-state index is 9.85. The summed E-state index contributed by atoms with van der Waals surface area (Å²) in [6, 6.07) is 10.4. The van der Waals surface area contributed by atoms with E-state index in [1.165, 1.54) is 23.1 Å². The van der Waals surface area contributed by atoms with Gasteiger partial charge < -0.3 is 20.2 Å². The second-order valence-electron chi connectivity index (χ2n) is 7.52. The zero-order chi connectivity index (χ0) is 17.9. The van der Waals surface area contributed by atoms with Crippen LogP contribution in [0, 0.1) is 0 Å². The fraction of sp³-hybridized carbons (Fsp3) is 0.476.